The summed E-state index contributed by atoms with van der Waals surface area (Å²) in [5.74, 6) is 0.553. The van der Waals surface area contributed by atoms with Crippen molar-refractivity contribution in [2.24, 2.45) is 7.05 Å². The Hall–Kier alpha value is -3.27. The van der Waals surface area contributed by atoms with Crippen LogP contribution in [-0.4, -0.2) is 70.7 Å². The lowest BCUT2D eigenvalue weighted by Gasteiger charge is -2.46. The van der Waals surface area contributed by atoms with Crippen molar-refractivity contribution in [2.75, 3.05) is 43.1 Å². The fourth-order valence-electron chi connectivity index (χ4n) is 4.68. The number of pyridine rings is 3. The summed E-state index contributed by atoms with van der Waals surface area (Å²) in [5.41, 5.74) is 2.67. The lowest BCUT2D eigenvalue weighted by Crippen LogP contribution is -2.59. The van der Waals surface area contributed by atoms with Gasteiger partial charge in [0.15, 0.2) is 6.29 Å². The molecule has 0 aliphatic carbocycles. The second-order valence-electron chi connectivity index (χ2n) is 9.02. The number of rotatable bonds is 6. The van der Waals surface area contributed by atoms with Gasteiger partial charge in [0, 0.05) is 68.0 Å². The van der Waals surface area contributed by atoms with E-state index >= 15 is 0 Å². The van der Waals surface area contributed by atoms with Crippen molar-refractivity contribution in [2.45, 2.75) is 19.0 Å². The Morgan fingerprint density at radius 2 is 2.03 bits per heavy atom. The number of piperazine rings is 1. The Balaban J connectivity index is 1.35. The van der Waals surface area contributed by atoms with Gasteiger partial charge in [0.2, 0.25) is 0 Å². The average molecular weight is 495 g/mol. The molecule has 0 saturated carbocycles. The third-order valence-electron chi connectivity index (χ3n) is 6.67. The van der Waals surface area contributed by atoms with Crippen LogP contribution in [0.2, 0.25) is 5.02 Å². The molecule has 2 fully saturated rings. The molecular weight excluding hydrogens is 468 g/mol. The molecule has 0 radical (unpaired) electrons. The summed E-state index contributed by atoms with van der Waals surface area (Å²) in [4.78, 5) is 37.7. The molecule has 1 unspecified atom stereocenters. The van der Waals surface area contributed by atoms with Crippen LogP contribution < -0.4 is 15.8 Å². The maximum atomic E-state index is 12.8. The zero-order valence-corrected chi connectivity index (χ0v) is 20.4. The zero-order chi connectivity index (χ0) is 24.5. The second-order valence-corrected chi connectivity index (χ2v) is 9.42. The highest BCUT2D eigenvalue weighted by molar-refractivity contribution is 6.33. The van der Waals surface area contributed by atoms with E-state index in [0.29, 0.717) is 51.6 Å². The number of carbonyl (C=O) groups is 1. The molecular formula is C25H27ClN6O3. The maximum absolute atomic E-state index is 12.8. The minimum absolute atomic E-state index is 0.220. The van der Waals surface area contributed by atoms with Crippen LogP contribution in [0.5, 0.6) is 0 Å². The van der Waals surface area contributed by atoms with Crippen LogP contribution in [0.15, 0.2) is 47.8 Å². The molecule has 3 aromatic heterocycles. The first-order valence-electron chi connectivity index (χ1n) is 11.6. The van der Waals surface area contributed by atoms with E-state index in [4.69, 9.17) is 16.3 Å². The molecule has 5 rings (SSSR count). The van der Waals surface area contributed by atoms with Crippen LogP contribution in [0.3, 0.4) is 0 Å². The molecule has 5 heterocycles. The number of halogens is 1. The van der Waals surface area contributed by atoms with Crippen molar-refractivity contribution in [1.82, 2.24) is 19.4 Å². The van der Waals surface area contributed by atoms with Gasteiger partial charge < -0.3 is 19.5 Å². The summed E-state index contributed by atoms with van der Waals surface area (Å²) in [6, 6.07) is 6.49. The van der Waals surface area contributed by atoms with Crippen LogP contribution >= 0.6 is 11.6 Å². The first-order chi connectivity index (χ1) is 16.9. The maximum Gasteiger partial charge on any atom is 0.274 e. The predicted molar refractivity (Wildman–Crippen MR) is 136 cm³/mol. The summed E-state index contributed by atoms with van der Waals surface area (Å²) in [6.45, 7) is 6.82. The number of anilines is 3. The molecule has 2 aliphatic heterocycles. The van der Waals surface area contributed by atoms with Crippen molar-refractivity contribution in [3.8, 4) is 11.1 Å². The number of nitrogens with one attached hydrogen (secondary N) is 1. The van der Waals surface area contributed by atoms with Gasteiger partial charge >= 0.3 is 0 Å². The minimum atomic E-state index is -0.220. The minimum Gasteiger partial charge on any atom is -0.378 e. The van der Waals surface area contributed by atoms with Crippen molar-refractivity contribution in [1.29, 1.82) is 0 Å². The van der Waals surface area contributed by atoms with E-state index < -0.39 is 0 Å². The van der Waals surface area contributed by atoms with Crippen molar-refractivity contribution < 1.29 is 9.53 Å². The Morgan fingerprint density at radius 3 is 2.69 bits per heavy atom. The quantitative estimate of drug-likeness (QED) is 0.523. The van der Waals surface area contributed by atoms with E-state index in [9.17, 15) is 9.59 Å². The Bertz CT molecular complexity index is 1290. The van der Waals surface area contributed by atoms with Gasteiger partial charge in [0.25, 0.3) is 5.56 Å². The van der Waals surface area contributed by atoms with Gasteiger partial charge in [0.05, 0.1) is 36.2 Å². The van der Waals surface area contributed by atoms with E-state index in [-0.39, 0.29) is 5.56 Å². The van der Waals surface area contributed by atoms with Crippen LogP contribution in [0.4, 0.5) is 17.2 Å². The molecule has 0 aromatic carbocycles. The molecule has 182 valence electrons. The molecule has 1 atom stereocenters. The van der Waals surface area contributed by atoms with Gasteiger partial charge in [-0.1, -0.05) is 11.6 Å². The molecule has 35 heavy (non-hydrogen) atoms. The molecule has 9 nitrogen and oxygen atoms in total. The monoisotopic (exact) mass is 494 g/mol. The van der Waals surface area contributed by atoms with Gasteiger partial charge in [-0.2, -0.15) is 0 Å². The SMILES string of the molecule is CC1CN(C2COC2)CCN1c1ccc(Nc2cc(-c3c(Cl)cncc3C=O)cn(C)c2=O)nc1. The lowest BCUT2D eigenvalue weighted by molar-refractivity contribution is -0.0691. The van der Waals surface area contributed by atoms with E-state index in [2.05, 4.69) is 32.0 Å². The molecule has 10 heteroatoms. The van der Waals surface area contributed by atoms with Gasteiger partial charge in [0.1, 0.15) is 11.5 Å². The smallest absolute Gasteiger partial charge is 0.274 e. The van der Waals surface area contributed by atoms with Gasteiger partial charge in [-0.25, -0.2) is 4.98 Å². The Morgan fingerprint density at radius 1 is 1.20 bits per heavy atom. The van der Waals surface area contributed by atoms with Crippen molar-refractivity contribution in [3.05, 3.63) is 63.9 Å². The second kappa shape index (κ2) is 9.77. The molecule has 2 aliphatic rings. The van der Waals surface area contributed by atoms with Gasteiger partial charge in [-0.15, -0.1) is 0 Å². The topological polar surface area (TPSA) is 92.6 Å². The fraction of sp³-hybridized carbons (Fsp3) is 0.360. The summed E-state index contributed by atoms with van der Waals surface area (Å²) in [6.07, 6.45) is 7.11. The number of carbonyl (C=O) groups excluding carboxylic acids is 1. The van der Waals surface area contributed by atoms with Gasteiger partial charge in [-0.3, -0.25) is 19.5 Å². The molecule has 0 bridgehead atoms. The predicted octanol–water partition coefficient (Wildman–Crippen LogP) is 2.96. The summed E-state index contributed by atoms with van der Waals surface area (Å²) in [7, 11) is 1.65. The number of hydrogen-bond donors (Lipinski definition) is 1. The van der Waals surface area contributed by atoms with Crippen LogP contribution in [0.1, 0.15) is 17.3 Å². The summed E-state index contributed by atoms with van der Waals surface area (Å²) >= 11 is 6.33. The van der Waals surface area contributed by atoms with Crippen molar-refractivity contribution >= 4 is 35.1 Å². The molecule has 0 amide bonds. The normalized spacial score (nSPS) is 18.8. The fourth-order valence-corrected chi connectivity index (χ4v) is 4.96. The summed E-state index contributed by atoms with van der Waals surface area (Å²) in [5, 5.41) is 3.46. The Kier molecular flexibility index (Phi) is 6.55. The van der Waals surface area contributed by atoms with E-state index in [1.54, 1.807) is 19.3 Å². The van der Waals surface area contributed by atoms with E-state index in [0.717, 1.165) is 38.5 Å². The molecule has 2 saturated heterocycles. The number of nitrogens with zero attached hydrogens (tertiary/aromatic N) is 5. The lowest BCUT2D eigenvalue weighted by atomic mass is 10.0. The number of aromatic nitrogens is 3. The zero-order valence-electron chi connectivity index (χ0n) is 19.6. The van der Waals surface area contributed by atoms with Crippen LogP contribution in [0, 0.1) is 0 Å². The largest absolute Gasteiger partial charge is 0.378 e. The molecule has 0 spiro atoms. The van der Waals surface area contributed by atoms with Crippen LogP contribution in [-0.2, 0) is 11.8 Å². The number of hydrogen-bond acceptors (Lipinski definition) is 8. The summed E-state index contributed by atoms with van der Waals surface area (Å²) < 4.78 is 6.79. The average Bonchev–Trinajstić information content (AvgIpc) is 2.81. The Labute approximate surface area is 208 Å². The number of aldehydes is 1. The van der Waals surface area contributed by atoms with Gasteiger partial charge in [-0.05, 0) is 25.1 Å². The number of ether oxygens (including phenoxy) is 1. The molecule has 3 aromatic rings. The van der Waals surface area contributed by atoms with E-state index in [1.807, 2.05) is 18.3 Å². The first-order valence-corrected chi connectivity index (χ1v) is 11.9. The molecule has 1 N–H and O–H groups in total. The van der Waals surface area contributed by atoms with E-state index in [1.165, 1.54) is 17.0 Å². The highest BCUT2D eigenvalue weighted by Gasteiger charge is 2.32. The standard InChI is InChI=1S/C25H27ClN6O3/c1-16-11-31(20-14-35-15-20)5-6-32(16)19-3-4-23(28-9-19)29-22-7-17(12-30(2)25(22)34)24-18(13-33)8-27-10-21(24)26/h3-4,7-10,12-13,16,20H,5-6,11,14-15H2,1-2H3,(H,28,29). The third-order valence-corrected chi connectivity index (χ3v) is 6.95. The number of aryl methyl sites for hydroxylation is 1. The third kappa shape index (κ3) is 4.67. The highest BCUT2D eigenvalue weighted by atomic mass is 35.5. The van der Waals surface area contributed by atoms with Crippen LogP contribution in [0.25, 0.3) is 11.1 Å². The first kappa shape index (κ1) is 23.5. The van der Waals surface area contributed by atoms with Crippen molar-refractivity contribution in [3.63, 3.8) is 0 Å². The highest BCUT2D eigenvalue weighted by Crippen LogP contribution is 2.31.